The Morgan fingerprint density at radius 1 is 1.32 bits per heavy atom. The minimum absolute atomic E-state index is 0.116. The first-order valence-corrected chi connectivity index (χ1v) is 9.82. The highest BCUT2D eigenvalue weighted by Gasteiger charge is 2.16. The van der Waals surface area contributed by atoms with Crippen molar-refractivity contribution in [2.24, 2.45) is 0 Å². The summed E-state index contributed by atoms with van der Waals surface area (Å²) in [6.07, 6.45) is 3.38. The number of hydrogen-bond acceptors (Lipinski definition) is 4. The molecule has 1 N–H and O–H groups in total. The molecule has 0 aliphatic carbocycles. The minimum Gasteiger partial charge on any atom is -0.496 e. The second-order valence-electron chi connectivity index (χ2n) is 6.38. The summed E-state index contributed by atoms with van der Waals surface area (Å²) in [5.41, 5.74) is 2.70. The summed E-state index contributed by atoms with van der Waals surface area (Å²) in [6, 6.07) is 11.9. The third-order valence-corrected chi connectivity index (χ3v) is 5.22. The van der Waals surface area contributed by atoms with E-state index in [4.69, 9.17) is 4.74 Å². The van der Waals surface area contributed by atoms with Crippen LogP contribution in [0.3, 0.4) is 0 Å². The molecule has 0 unspecified atom stereocenters. The van der Waals surface area contributed by atoms with Crippen molar-refractivity contribution < 1.29 is 13.9 Å². The minimum atomic E-state index is -0.319. The Balaban J connectivity index is 1.64. The van der Waals surface area contributed by atoms with Gasteiger partial charge >= 0.3 is 0 Å². The van der Waals surface area contributed by atoms with Gasteiger partial charge in [-0.1, -0.05) is 35.5 Å². The van der Waals surface area contributed by atoms with Crippen LogP contribution < -0.4 is 10.1 Å². The average molecular weight is 399 g/mol. The highest BCUT2D eigenvalue weighted by atomic mass is 32.2. The largest absolute Gasteiger partial charge is 0.496 e. The maximum Gasteiger partial charge on any atom is 0.230 e. The topological polar surface area (TPSA) is 56.1 Å². The number of nitrogens with zero attached hydrogens (tertiary/aromatic N) is 2. The molecule has 1 heterocycles. The fourth-order valence-electron chi connectivity index (χ4n) is 2.90. The van der Waals surface area contributed by atoms with Crippen LogP contribution >= 0.6 is 11.8 Å². The number of ether oxygens (including phenoxy) is 1. The van der Waals surface area contributed by atoms with Crippen LogP contribution in [0, 0.1) is 12.7 Å². The Morgan fingerprint density at radius 2 is 2.14 bits per heavy atom. The predicted molar refractivity (Wildman–Crippen MR) is 109 cm³/mol. The summed E-state index contributed by atoms with van der Waals surface area (Å²) in [6.45, 7) is 3.92. The van der Waals surface area contributed by atoms with Gasteiger partial charge in [-0.05, 0) is 38.1 Å². The van der Waals surface area contributed by atoms with Gasteiger partial charge < -0.3 is 10.1 Å². The number of aromatic nitrogens is 2. The van der Waals surface area contributed by atoms with Gasteiger partial charge in [0.1, 0.15) is 11.6 Å². The van der Waals surface area contributed by atoms with E-state index in [1.807, 2.05) is 32.0 Å². The molecule has 0 radical (unpaired) electrons. The second-order valence-corrected chi connectivity index (χ2v) is 7.33. The molecule has 0 aliphatic heterocycles. The van der Waals surface area contributed by atoms with Crippen molar-refractivity contribution in [2.45, 2.75) is 25.0 Å². The lowest BCUT2D eigenvalue weighted by molar-refractivity contribution is -0.119. The molecule has 0 bridgehead atoms. The Morgan fingerprint density at radius 3 is 2.89 bits per heavy atom. The summed E-state index contributed by atoms with van der Waals surface area (Å²) in [4.78, 5) is 16.7. The molecule has 28 heavy (non-hydrogen) atoms. The van der Waals surface area contributed by atoms with Crippen molar-refractivity contribution in [1.82, 2.24) is 14.9 Å². The molecule has 0 saturated heterocycles. The summed E-state index contributed by atoms with van der Waals surface area (Å²) in [7, 11) is 1.62. The number of amides is 1. The van der Waals surface area contributed by atoms with E-state index in [2.05, 4.69) is 10.3 Å². The van der Waals surface area contributed by atoms with E-state index in [1.165, 1.54) is 23.9 Å². The zero-order valence-electron chi connectivity index (χ0n) is 16.0. The first-order valence-electron chi connectivity index (χ1n) is 8.84. The van der Waals surface area contributed by atoms with Gasteiger partial charge in [0.05, 0.1) is 24.6 Å². The van der Waals surface area contributed by atoms with Crippen LogP contribution in [0.2, 0.25) is 0 Å². The fourth-order valence-corrected chi connectivity index (χ4v) is 3.69. The molecule has 0 spiro atoms. The summed E-state index contributed by atoms with van der Waals surface area (Å²) >= 11 is 1.30. The number of carbonyl (C=O) groups excluding carboxylic acids is 1. The predicted octanol–water partition coefficient (Wildman–Crippen LogP) is 4.30. The Hall–Kier alpha value is -2.80. The van der Waals surface area contributed by atoms with Crippen LogP contribution in [0.5, 0.6) is 5.75 Å². The van der Waals surface area contributed by atoms with Crippen LogP contribution in [-0.2, 0) is 4.79 Å². The van der Waals surface area contributed by atoms with Crippen molar-refractivity contribution in [2.75, 3.05) is 12.9 Å². The lowest BCUT2D eigenvalue weighted by Gasteiger charge is -2.18. The Labute approximate surface area is 167 Å². The summed E-state index contributed by atoms with van der Waals surface area (Å²) in [5.74, 6) is 0.508. The molecule has 3 rings (SSSR count). The lowest BCUT2D eigenvalue weighted by Crippen LogP contribution is -2.28. The molecular formula is C21H22FN3O2S. The van der Waals surface area contributed by atoms with E-state index in [9.17, 15) is 9.18 Å². The van der Waals surface area contributed by atoms with Gasteiger partial charge in [0.2, 0.25) is 5.91 Å². The number of aryl methyl sites for hydroxylation is 1. The molecule has 2 aromatic carbocycles. The third kappa shape index (κ3) is 4.72. The zero-order valence-corrected chi connectivity index (χ0v) is 16.8. The standard InChI is InChI=1S/C21H22FN3O2S/c1-14-7-8-19(27-3)18(11-14)15(2)24-20(26)13-28-21-23-9-10-25(21)17-6-4-5-16(22)12-17/h4-12,15H,13H2,1-3H3,(H,24,26)/t15-/m0/s1. The molecule has 5 nitrogen and oxygen atoms in total. The molecule has 0 aliphatic rings. The van der Waals surface area contributed by atoms with Crippen molar-refractivity contribution in [3.63, 3.8) is 0 Å². The fraction of sp³-hybridized carbons (Fsp3) is 0.238. The normalized spacial score (nSPS) is 11.9. The number of halogens is 1. The zero-order chi connectivity index (χ0) is 20.1. The van der Waals surface area contributed by atoms with Crippen LogP contribution in [0.25, 0.3) is 5.69 Å². The van der Waals surface area contributed by atoms with Crippen LogP contribution in [0.15, 0.2) is 60.0 Å². The van der Waals surface area contributed by atoms with Crippen LogP contribution in [0.4, 0.5) is 4.39 Å². The number of benzene rings is 2. The molecule has 0 saturated carbocycles. The van der Waals surface area contributed by atoms with Crippen LogP contribution in [0.1, 0.15) is 24.1 Å². The first-order chi connectivity index (χ1) is 13.5. The van der Waals surface area contributed by atoms with Gasteiger partial charge in [-0.2, -0.15) is 0 Å². The van der Waals surface area contributed by atoms with Crippen LogP contribution in [-0.4, -0.2) is 28.3 Å². The van der Waals surface area contributed by atoms with Crippen molar-refractivity contribution in [3.05, 3.63) is 71.8 Å². The van der Waals surface area contributed by atoms with Gasteiger partial charge in [0, 0.05) is 18.0 Å². The summed E-state index contributed by atoms with van der Waals surface area (Å²) in [5, 5.41) is 3.62. The number of rotatable bonds is 7. The SMILES string of the molecule is COc1ccc(C)cc1[C@H](C)NC(=O)CSc1nccn1-c1cccc(F)c1. The number of carbonyl (C=O) groups is 1. The molecule has 1 atom stereocenters. The number of methoxy groups -OCH3 is 1. The molecule has 1 aromatic heterocycles. The second kappa shape index (κ2) is 8.93. The van der Waals surface area contributed by atoms with E-state index >= 15 is 0 Å². The van der Waals surface area contributed by atoms with Gasteiger partial charge in [0.25, 0.3) is 0 Å². The maximum absolute atomic E-state index is 13.5. The van der Waals surface area contributed by atoms with Crippen molar-refractivity contribution in [1.29, 1.82) is 0 Å². The molecule has 1 amide bonds. The van der Waals surface area contributed by atoms with Crippen molar-refractivity contribution in [3.8, 4) is 11.4 Å². The monoisotopic (exact) mass is 399 g/mol. The number of hydrogen-bond donors (Lipinski definition) is 1. The number of nitrogens with one attached hydrogen (secondary N) is 1. The first kappa shape index (κ1) is 19.9. The van der Waals surface area contributed by atoms with Gasteiger partial charge in [-0.25, -0.2) is 9.37 Å². The van der Waals surface area contributed by atoms with Crippen molar-refractivity contribution >= 4 is 17.7 Å². The molecule has 146 valence electrons. The maximum atomic E-state index is 13.5. The van der Waals surface area contributed by atoms with E-state index in [-0.39, 0.29) is 23.5 Å². The van der Waals surface area contributed by atoms with E-state index in [0.29, 0.717) is 10.8 Å². The molecule has 7 heteroatoms. The highest BCUT2D eigenvalue weighted by Crippen LogP contribution is 2.26. The lowest BCUT2D eigenvalue weighted by atomic mass is 10.0. The summed E-state index contributed by atoms with van der Waals surface area (Å²) < 4.78 is 20.6. The molecule has 0 fully saturated rings. The smallest absolute Gasteiger partial charge is 0.230 e. The number of thioether (sulfide) groups is 1. The molecular weight excluding hydrogens is 377 g/mol. The van der Waals surface area contributed by atoms with Gasteiger partial charge in [0.15, 0.2) is 5.16 Å². The quantitative estimate of drug-likeness (QED) is 0.602. The van der Waals surface area contributed by atoms with E-state index < -0.39 is 0 Å². The van der Waals surface area contributed by atoms with E-state index in [0.717, 1.165) is 16.9 Å². The van der Waals surface area contributed by atoms with E-state index in [1.54, 1.807) is 36.2 Å². The van der Waals surface area contributed by atoms with Gasteiger partial charge in [-0.15, -0.1) is 0 Å². The Kier molecular flexibility index (Phi) is 6.36. The number of imidazole rings is 1. The average Bonchev–Trinajstić information content (AvgIpc) is 3.15. The molecule has 3 aromatic rings. The third-order valence-electron chi connectivity index (χ3n) is 4.25. The highest BCUT2D eigenvalue weighted by molar-refractivity contribution is 7.99. The Bertz CT molecular complexity index is 974. The van der Waals surface area contributed by atoms with Gasteiger partial charge in [-0.3, -0.25) is 9.36 Å².